The van der Waals surface area contributed by atoms with Gasteiger partial charge in [0.1, 0.15) is 0 Å². The molecule has 84 valence electrons. The summed E-state index contributed by atoms with van der Waals surface area (Å²) < 4.78 is 0. The molecule has 0 fully saturated rings. The molecule has 0 saturated heterocycles. The van der Waals surface area contributed by atoms with Crippen LogP contribution in [0.25, 0.3) is 0 Å². The van der Waals surface area contributed by atoms with Crippen molar-refractivity contribution in [2.24, 2.45) is 0 Å². The van der Waals surface area contributed by atoms with E-state index in [1.807, 2.05) is 0 Å². The number of amides is 1. The van der Waals surface area contributed by atoms with Gasteiger partial charge in [-0.2, -0.15) is 0 Å². The van der Waals surface area contributed by atoms with Gasteiger partial charge in [-0.3, -0.25) is 4.79 Å². The molecule has 1 aromatic rings. The number of nitrogens with one attached hydrogen (secondary N) is 1. The van der Waals surface area contributed by atoms with E-state index in [9.17, 15) is 4.79 Å². The molecule has 0 aliphatic rings. The summed E-state index contributed by atoms with van der Waals surface area (Å²) in [6.07, 6.45) is -0.546. The lowest BCUT2D eigenvalue weighted by Gasteiger charge is -2.16. The van der Waals surface area contributed by atoms with Crippen molar-refractivity contribution in [1.82, 2.24) is 15.1 Å². The van der Waals surface area contributed by atoms with E-state index in [2.05, 4.69) is 15.5 Å². The Labute approximate surface area is 91.9 Å². The molecular formula is C8H14N4O2S. The predicted octanol–water partition coefficient (Wildman–Crippen LogP) is 0.0326. The highest BCUT2D eigenvalue weighted by atomic mass is 32.1. The summed E-state index contributed by atoms with van der Waals surface area (Å²) in [6.45, 7) is 1.91. The van der Waals surface area contributed by atoms with Crippen LogP contribution in [0.4, 0.5) is 5.13 Å². The van der Waals surface area contributed by atoms with Gasteiger partial charge in [0.15, 0.2) is 0 Å². The molecule has 15 heavy (non-hydrogen) atoms. The average Bonchev–Trinajstić information content (AvgIpc) is 2.63. The first kappa shape index (κ1) is 11.9. The number of anilines is 1. The second-order valence-electron chi connectivity index (χ2n) is 3.20. The number of likely N-dealkylation sites (N-methyl/N-ethyl adjacent to an activating group) is 1. The fourth-order valence-corrected chi connectivity index (χ4v) is 1.74. The maximum Gasteiger partial charge on any atom is 0.284 e. The summed E-state index contributed by atoms with van der Waals surface area (Å²) in [6, 6.07) is 0. The van der Waals surface area contributed by atoms with Crippen molar-refractivity contribution in [3.63, 3.8) is 0 Å². The van der Waals surface area contributed by atoms with Crippen molar-refractivity contribution < 1.29 is 9.90 Å². The van der Waals surface area contributed by atoms with Crippen LogP contribution in [0.5, 0.6) is 0 Å². The Balaban J connectivity index is 2.67. The van der Waals surface area contributed by atoms with Gasteiger partial charge in [0.2, 0.25) is 10.1 Å². The van der Waals surface area contributed by atoms with Gasteiger partial charge in [0, 0.05) is 20.6 Å². The van der Waals surface area contributed by atoms with Gasteiger partial charge in [-0.1, -0.05) is 11.3 Å². The maximum absolute atomic E-state index is 11.7. The van der Waals surface area contributed by atoms with Gasteiger partial charge in [0.25, 0.3) is 5.91 Å². The van der Waals surface area contributed by atoms with Crippen LogP contribution in [-0.4, -0.2) is 52.9 Å². The van der Waals surface area contributed by atoms with Crippen molar-refractivity contribution >= 4 is 22.4 Å². The second kappa shape index (κ2) is 5.04. The second-order valence-corrected chi connectivity index (χ2v) is 4.17. The first-order valence-corrected chi connectivity index (χ1v) is 5.31. The number of carbonyl (C=O) groups is 1. The number of rotatable bonds is 4. The van der Waals surface area contributed by atoms with Crippen LogP contribution in [0, 0.1) is 0 Å². The highest BCUT2D eigenvalue weighted by Crippen LogP contribution is 2.15. The first-order chi connectivity index (χ1) is 7.04. The van der Waals surface area contributed by atoms with Crippen molar-refractivity contribution in [3.8, 4) is 0 Å². The number of hydrogen-bond donors (Lipinski definition) is 2. The van der Waals surface area contributed by atoms with E-state index >= 15 is 0 Å². The van der Waals surface area contributed by atoms with Gasteiger partial charge in [0.05, 0.1) is 6.10 Å². The number of nitrogens with zero attached hydrogens (tertiary/aromatic N) is 3. The summed E-state index contributed by atoms with van der Waals surface area (Å²) in [4.78, 5) is 13.1. The van der Waals surface area contributed by atoms with Crippen LogP contribution in [0.2, 0.25) is 0 Å². The Morgan fingerprint density at radius 3 is 2.80 bits per heavy atom. The largest absolute Gasteiger partial charge is 0.392 e. The molecule has 1 unspecified atom stereocenters. The van der Waals surface area contributed by atoms with E-state index < -0.39 is 6.10 Å². The number of aliphatic hydroxyl groups excluding tert-OH is 1. The molecule has 0 aromatic carbocycles. The zero-order valence-electron chi connectivity index (χ0n) is 8.89. The summed E-state index contributed by atoms with van der Waals surface area (Å²) in [7, 11) is 3.34. The summed E-state index contributed by atoms with van der Waals surface area (Å²) in [5, 5.41) is 20.4. The monoisotopic (exact) mass is 230 g/mol. The summed E-state index contributed by atoms with van der Waals surface area (Å²) in [5.74, 6) is -0.227. The third kappa shape index (κ3) is 3.14. The molecule has 2 N–H and O–H groups in total. The van der Waals surface area contributed by atoms with Crippen LogP contribution >= 0.6 is 11.3 Å². The standard InChI is InChI=1S/C8H14N4O2S/c1-5(13)4-12(3)7(14)6-10-11-8(9-2)15-6/h5,13H,4H2,1-3H3,(H,9,11). The molecule has 1 amide bonds. The van der Waals surface area contributed by atoms with Crippen LogP contribution in [0.15, 0.2) is 0 Å². The Morgan fingerprint density at radius 2 is 2.33 bits per heavy atom. The van der Waals surface area contributed by atoms with E-state index in [-0.39, 0.29) is 12.5 Å². The normalized spacial score (nSPS) is 12.3. The zero-order chi connectivity index (χ0) is 11.4. The minimum Gasteiger partial charge on any atom is -0.392 e. The summed E-state index contributed by atoms with van der Waals surface area (Å²) in [5.41, 5.74) is 0. The van der Waals surface area contributed by atoms with Crippen molar-refractivity contribution in [3.05, 3.63) is 5.01 Å². The Morgan fingerprint density at radius 1 is 1.67 bits per heavy atom. The molecule has 0 radical (unpaired) electrons. The molecule has 0 bridgehead atoms. The van der Waals surface area contributed by atoms with Crippen molar-refractivity contribution in [2.45, 2.75) is 13.0 Å². The number of aliphatic hydroxyl groups is 1. The molecule has 0 aliphatic carbocycles. The van der Waals surface area contributed by atoms with E-state index in [1.165, 1.54) is 16.2 Å². The Kier molecular flexibility index (Phi) is 3.98. The third-order valence-corrected chi connectivity index (χ3v) is 2.64. The average molecular weight is 230 g/mol. The highest BCUT2D eigenvalue weighted by molar-refractivity contribution is 7.17. The maximum atomic E-state index is 11.7. The topological polar surface area (TPSA) is 78.4 Å². The molecule has 0 spiro atoms. The fourth-order valence-electron chi connectivity index (χ4n) is 1.05. The molecule has 1 heterocycles. The third-order valence-electron chi connectivity index (χ3n) is 1.71. The van der Waals surface area contributed by atoms with Crippen LogP contribution in [0.3, 0.4) is 0 Å². The lowest BCUT2D eigenvalue weighted by atomic mass is 10.4. The lowest BCUT2D eigenvalue weighted by Crippen LogP contribution is -2.32. The van der Waals surface area contributed by atoms with Crippen LogP contribution in [-0.2, 0) is 0 Å². The Hall–Kier alpha value is -1.21. The van der Waals surface area contributed by atoms with Crippen LogP contribution in [0.1, 0.15) is 16.7 Å². The zero-order valence-corrected chi connectivity index (χ0v) is 9.71. The Bertz CT molecular complexity index is 339. The molecule has 0 saturated carbocycles. The van der Waals surface area contributed by atoms with Crippen LogP contribution < -0.4 is 5.32 Å². The van der Waals surface area contributed by atoms with Gasteiger partial charge < -0.3 is 15.3 Å². The molecule has 7 heteroatoms. The minimum absolute atomic E-state index is 0.227. The van der Waals surface area contributed by atoms with Gasteiger partial charge >= 0.3 is 0 Å². The van der Waals surface area contributed by atoms with Gasteiger partial charge in [-0.25, -0.2) is 0 Å². The van der Waals surface area contributed by atoms with E-state index in [0.29, 0.717) is 10.1 Å². The van der Waals surface area contributed by atoms with Gasteiger partial charge in [-0.05, 0) is 6.92 Å². The first-order valence-electron chi connectivity index (χ1n) is 4.49. The van der Waals surface area contributed by atoms with Crippen molar-refractivity contribution in [2.75, 3.05) is 26.0 Å². The predicted molar refractivity (Wildman–Crippen MR) is 58.1 cm³/mol. The minimum atomic E-state index is -0.546. The molecule has 1 atom stereocenters. The smallest absolute Gasteiger partial charge is 0.284 e. The molecule has 1 rings (SSSR count). The lowest BCUT2D eigenvalue weighted by molar-refractivity contribution is 0.0702. The number of carbonyl (C=O) groups excluding carboxylic acids is 1. The summed E-state index contributed by atoms with van der Waals surface area (Å²) >= 11 is 1.19. The van der Waals surface area contributed by atoms with E-state index in [4.69, 9.17) is 5.11 Å². The quantitative estimate of drug-likeness (QED) is 0.763. The SMILES string of the molecule is CNc1nnc(C(=O)N(C)CC(C)O)s1. The number of hydrogen-bond acceptors (Lipinski definition) is 6. The van der Waals surface area contributed by atoms with E-state index in [0.717, 1.165) is 0 Å². The van der Waals surface area contributed by atoms with E-state index in [1.54, 1.807) is 21.0 Å². The highest BCUT2D eigenvalue weighted by Gasteiger charge is 2.17. The molecular weight excluding hydrogens is 216 g/mol. The van der Waals surface area contributed by atoms with Gasteiger partial charge in [-0.15, -0.1) is 10.2 Å². The van der Waals surface area contributed by atoms with Crippen molar-refractivity contribution in [1.29, 1.82) is 0 Å². The molecule has 6 nitrogen and oxygen atoms in total. The molecule has 1 aromatic heterocycles. The fraction of sp³-hybridized carbons (Fsp3) is 0.625. The molecule has 0 aliphatic heterocycles. The number of aromatic nitrogens is 2.